The molecule has 0 aliphatic carbocycles. The van der Waals surface area contributed by atoms with Crippen molar-refractivity contribution in [3.05, 3.63) is 42.0 Å². The maximum absolute atomic E-state index is 13.8. The van der Waals surface area contributed by atoms with Crippen LogP contribution >= 0.6 is 11.3 Å². The van der Waals surface area contributed by atoms with Crippen LogP contribution in [0.3, 0.4) is 0 Å². The third-order valence-corrected chi connectivity index (χ3v) is 6.43. The molecule has 2 bridgehead atoms. The summed E-state index contributed by atoms with van der Waals surface area (Å²) in [5, 5.41) is 4.36. The fourth-order valence-corrected chi connectivity index (χ4v) is 5.08. The highest BCUT2D eigenvalue weighted by Crippen LogP contribution is 2.39. The van der Waals surface area contributed by atoms with E-state index in [9.17, 15) is 17.6 Å². The Morgan fingerprint density at radius 2 is 1.79 bits per heavy atom. The van der Waals surface area contributed by atoms with E-state index in [1.54, 1.807) is 6.07 Å². The summed E-state index contributed by atoms with van der Waals surface area (Å²) in [6, 6.07) is 5.25. The molecule has 9 heteroatoms. The molecule has 1 aromatic carbocycles. The van der Waals surface area contributed by atoms with E-state index in [1.165, 1.54) is 17.7 Å². The van der Waals surface area contributed by atoms with Gasteiger partial charge in [-0.1, -0.05) is 0 Å². The van der Waals surface area contributed by atoms with E-state index in [-0.39, 0.29) is 5.56 Å². The number of thiophene rings is 1. The molecule has 1 N–H and O–H groups in total. The second-order valence-corrected chi connectivity index (χ2v) is 8.33. The number of halogens is 4. The minimum Gasteiger partial charge on any atom is -0.353 e. The first-order valence-corrected chi connectivity index (χ1v) is 9.82. The zero-order valence-corrected chi connectivity index (χ0v) is 15.4. The van der Waals surface area contributed by atoms with Gasteiger partial charge < -0.3 is 10.2 Å². The molecule has 0 amide bonds. The first kappa shape index (κ1) is 17.8. The smallest absolute Gasteiger partial charge is 0.353 e. The average molecular weight is 408 g/mol. The Hall–Kier alpha value is -2.26. The van der Waals surface area contributed by atoms with Gasteiger partial charge in [0, 0.05) is 30.1 Å². The van der Waals surface area contributed by atoms with Crippen molar-refractivity contribution in [1.82, 2.24) is 15.3 Å². The Kier molecular flexibility index (Phi) is 4.06. The number of hydrogen-bond donors (Lipinski definition) is 1. The van der Waals surface area contributed by atoms with E-state index in [4.69, 9.17) is 0 Å². The zero-order chi connectivity index (χ0) is 19.5. The normalized spacial score (nSPS) is 22.2. The number of fused-ring (bicyclic) bond motifs is 3. The van der Waals surface area contributed by atoms with Crippen LogP contribution in [0.4, 0.5) is 23.4 Å². The van der Waals surface area contributed by atoms with Crippen LogP contribution in [0.25, 0.3) is 20.7 Å². The summed E-state index contributed by atoms with van der Waals surface area (Å²) in [6.45, 7) is 1.68. The van der Waals surface area contributed by atoms with Gasteiger partial charge in [0.25, 0.3) is 0 Å². The van der Waals surface area contributed by atoms with Crippen molar-refractivity contribution in [2.24, 2.45) is 0 Å². The molecule has 0 radical (unpaired) electrons. The van der Waals surface area contributed by atoms with Gasteiger partial charge in [-0.25, -0.2) is 14.4 Å². The van der Waals surface area contributed by atoms with E-state index >= 15 is 0 Å². The van der Waals surface area contributed by atoms with Crippen molar-refractivity contribution in [3.63, 3.8) is 0 Å². The Morgan fingerprint density at radius 1 is 1.04 bits per heavy atom. The van der Waals surface area contributed by atoms with Crippen LogP contribution in [-0.2, 0) is 6.18 Å². The molecular weight excluding hydrogens is 392 g/mol. The monoisotopic (exact) mass is 408 g/mol. The highest BCUT2D eigenvalue weighted by atomic mass is 32.1. The van der Waals surface area contributed by atoms with Crippen molar-refractivity contribution in [2.75, 3.05) is 18.0 Å². The highest BCUT2D eigenvalue weighted by Gasteiger charge is 2.34. The molecule has 0 spiro atoms. The van der Waals surface area contributed by atoms with Crippen LogP contribution in [0.5, 0.6) is 0 Å². The maximum atomic E-state index is 13.8. The lowest BCUT2D eigenvalue weighted by atomic mass is 10.1. The average Bonchev–Trinajstić information content (AvgIpc) is 3.23. The molecule has 2 unspecified atom stereocenters. The molecule has 146 valence electrons. The quantitative estimate of drug-likeness (QED) is 0.636. The van der Waals surface area contributed by atoms with Crippen molar-refractivity contribution in [3.8, 4) is 10.4 Å². The van der Waals surface area contributed by atoms with Crippen LogP contribution in [0.15, 0.2) is 30.6 Å². The molecule has 2 atom stereocenters. The van der Waals surface area contributed by atoms with Crippen LogP contribution in [0.1, 0.15) is 18.4 Å². The van der Waals surface area contributed by atoms with Gasteiger partial charge in [-0.3, -0.25) is 0 Å². The van der Waals surface area contributed by atoms with Crippen LogP contribution < -0.4 is 10.2 Å². The summed E-state index contributed by atoms with van der Waals surface area (Å²) < 4.78 is 53.0. The summed E-state index contributed by atoms with van der Waals surface area (Å²) in [5.74, 6) is -0.120. The summed E-state index contributed by atoms with van der Waals surface area (Å²) in [7, 11) is 0. The van der Waals surface area contributed by atoms with E-state index in [1.807, 2.05) is 0 Å². The van der Waals surface area contributed by atoms with Gasteiger partial charge in [0.05, 0.1) is 10.9 Å². The van der Waals surface area contributed by atoms with Gasteiger partial charge in [0.15, 0.2) is 0 Å². The standard InChI is InChI=1S/C19H16F4N4S/c20-12-4-10(3-11(5-12)19(21,22)23)16-6-15-17(24-9-25-18(15)28-16)27-7-13-1-2-14(8-27)26-13/h3-6,9,13-14,26H,1-2,7-8H2. The van der Waals surface area contributed by atoms with Crippen LogP contribution in [0, 0.1) is 5.82 Å². The number of anilines is 1. The summed E-state index contributed by atoms with van der Waals surface area (Å²) in [6.07, 6.45) is -0.852. The Morgan fingerprint density at radius 3 is 2.50 bits per heavy atom. The zero-order valence-electron chi connectivity index (χ0n) is 14.6. The van der Waals surface area contributed by atoms with Crippen LogP contribution in [0.2, 0.25) is 0 Å². The number of piperazine rings is 1. The number of hydrogen-bond acceptors (Lipinski definition) is 5. The fourth-order valence-electron chi connectivity index (χ4n) is 4.10. The second kappa shape index (κ2) is 6.38. The van der Waals surface area contributed by atoms with Crippen molar-refractivity contribution >= 4 is 27.4 Å². The third-order valence-electron chi connectivity index (χ3n) is 5.33. The lowest BCUT2D eigenvalue weighted by molar-refractivity contribution is -0.137. The molecule has 0 saturated carbocycles. The van der Waals surface area contributed by atoms with Crippen molar-refractivity contribution < 1.29 is 17.6 Å². The molecule has 4 nitrogen and oxygen atoms in total. The molecule has 2 saturated heterocycles. The van der Waals surface area contributed by atoms with Crippen molar-refractivity contribution in [2.45, 2.75) is 31.1 Å². The number of benzene rings is 1. The molecule has 2 fully saturated rings. The molecule has 28 heavy (non-hydrogen) atoms. The topological polar surface area (TPSA) is 41.0 Å². The molecule has 4 heterocycles. The lowest BCUT2D eigenvalue weighted by Gasteiger charge is -2.33. The first-order chi connectivity index (χ1) is 13.4. The minimum atomic E-state index is -4.60. The van der Waals surface area contributed by atoms with Gasteiger partial charge in [0.2, 0.25) is 0 Å². The predicted octanol–water partition coefficient (Wildman–Crippen LogP) is 4.46. The van der Waals surface area contributed by atoms with E-state index in [0.717, 1.165) is 49.3 Å². The summed E-state index contributed by atoms with van der Waals surface area (Å²) >= 11 is 1.25. The van der Waals surface area contributed by atoms with Gasteiger partial charge in [0.1, 0.15) is 22.8 Å². The van der Waals surface area contributed by atoms with E-state index < -0.39 is 17.6 Å². The Labute approximate surface area is 162 Å². The van der Waals surface area contributed by atoms with Gasteiger partial charge in [-0.05, 0) is 42.7 Å². The lowest BCUT2D eigenvalue weighted by Crippen LogP contribution is -2.51. The van der Waals surface area contributed by atoms with Gasteiger partial charge in [-0.2, -0.15) is 13.2 Å². The van der Waals surface area contributed by atoms with E-state index in [0.29, 0.717) is 27.9 Å². The number of rotatable bonds is 2. The molecule has 2 aromatic heterocycles. The highest BCUT2D eigenvalue weighted by molar-refractivity contribution is 7.21. The number of nitrogens with zero attached hydrogens (tertiary/aromatic N) is 3. The van der Waals surface area contributed by atoms with Gasteiger partial charge in [-0.15, -0.1) is 11.3 Å². The minimum absolute atomic E-state index is 0.196. The second-order valence-electron chi connectivity index (χ2n) is 7.30. The largest absolute Gasteiger partial charge is 0.416 e. The van der Waals surface area contributed by atoms with Gasteiger partial charge >= 0.3 is 6.18 Å². The third kappa shape index (κ3) is 3.12. The summed E-state index contributed by atoms with van der Waals surface area (Å²) in [4.78, 5) is 12.2. The molecule has 3 aromatic rings. The number of nitrogens with one attached hydrogen (secondary N) is 1. The molecule has 2 aliphatic rings. The van der Waals surface area contributed by atoms with Crippen molar-refractivity contribution in [1.29, 1.82) is 0 Å². The SMILES string of the molecule is Fc1cc(-c2cc3c(N4CC5CCC(C4)N5)ncnc3s2)cc(C(F)(F)F)c1. The number of alkyl halides is 3. The summed E-state index contributed by atoms with van der Waals surface area (Å²) in [5.41, 5.74) is -0.799. The molecular formula is C19H16F4N4S. The Bertz CT molecular complexity index is 1040. The molecule has 2 aliphatic heterocycles. The maximum Gasteiger partial charge on any atom is 0.416 e. The van der Waals surface area contributed by atoms with E-state index in [2.05, 4.69) is 20.2 Å². The fraction of sp³-hybridized carbons (Fsp3) is 0.368. The van der Waals surface area contributed by atoms with Crippen LogP contribution in [-0.4, -0.2) is 35.1 Å². The molecule has 5 rings (SSSR count). The predicted molar refractivity (Wildman–Crippen MR) is 100.0 cm³/mol. The number of aromatic nitrogens is 2. The Balaban J connectivity index is 1.57. The first-order valence-electron chi connectivity index (χ1n) is 9.00.